The molecule has 0 heteroatoms. The van der Waals surface area contributed by atoms with Gasteiger partial charge in [-0.25, -0.2) is 0 Å². The molecule has 0 saturated heterocycles. The molecule has 0 aliphatic rings. The second kappa shape index (κ2) is 15.2. The topological polar surface area (TPSA) is 0 Å². The third-order valence-corrected chi connectivity index (χ3v) is 12.1. The van der Waals surface area contributed by atoms with E-state index in [1.54, 1.807) is 0 Å². The highest BCUT2D eigenvalue weighted by molar-refractivity contribution is 6.22. The summed E-state index contributed by atoms with van der Waals surface area (Å²) in [4.78, 5) is 0. The molecule has 0 nitrogen and oxygen atoms in total. The second-order valence-corrected chi connectivity index (χ2v) is 15.6. The van der Waals surface area contributed by atoms with E-state index in [-0.39, 0.29) is 0 Å². The maximum atomic E-state index is 2.43. The minimum atomic E-state index is 1.18. The van der Waals surface area contributed by atoms with Crippen LogP contribution >= 0.6 is 0 Å². The Morgan fingerprint density at radius 1 is 0.167 bits per heavy atom. The van der Waals surface area contributed by atoms with Crippen LogP contribution in [-0.2, 0) is 0 Å². The zero-order valence-corrected chi connectivity index (χ0v) is 33.1. The van der Waals surface area contributed by atoms with Gasteiger partial charge < -0.3 is 0 Å². The Bertz CT molecular complexity index is 3260. The van der Waals surface area contributed by atoms with Crippen molar-refractivity contribution < 1.29 is 0 Å². The van der Waals surface area contributed by atoms with Crippen LogP contribution in [0.15, 0.2) is 243 Å². The second-order valence-electron chi connectivity index (χ2n) is 15.6. The van der Waals surface area contributed by atoms with Crippen molar-refractivity contribution >= 4 is 32.3 Å². The fraction of sp³-hybridized carbons (Fsp3) is 0. The van der Waals surface area contributed by atoms with E-state index in [1.807, 2.05) is 0 Å². The molecule has 0 spiro atoms. The van der Waals surface area contributed by atoms with E-state index < -0.39 is 0 Å². The van der Waals surface area contributed by atoms with Gasteiger partial charge in [-0.15, -0.1) is 0 Å². The minimum Gasteiger partial charge on any atom is -0.0622 e. The van der Waals surface area contributed by atoms with E-state index in [9.17, 15) is 0 Å². The summed E-state index contributed by atoms with van der Waals surface area (Å²) in [6.45, 7) is 0. The molecule has 280 valence electrons. The van der Waals surface area contributed by atoms with Crippen molar-refractivity contribution in [1.29, 1.82) is 0 Å². The highest BCUT2D eigenvalue weighted by atomic mass is 14.2. The largest absolute Gasteiger partial charge is 0.0622 e. The molecule has 0 unspecified atom stereocenters. The lowest BCUT2D eigenvalue weighted by Crippen LogP contribution is -1.94. The molecule has 0 bridgehead atoms. The van der Waals surface area contributed by atoms with E-state index in [4.69, 9.17) is 0 Å². The highest BCUT2D eigenvalue weighted by Crippen LogP contribution is 2.47. The molecule has 11 aromatic carbocycles. The monoisotopic (exact) mass is 760 g/mol. The summed E-state index contributed by atoms with van der Waals surface area (Å²) in [6.07, 6.45) is 0. The first-order valence-corrected chi connectivity index (χ1v) is 20.7. The van der Waals surface area contributed by atoms with Crippen molar-refractivity contribution in [1.82, 2.24) is 0 Å². The number of hydrogen-bond donors (Lipinski definition) is 0. The Labute approximate surface area is 351 Å². The molecule has 0 fully saturated rings. The average molecular weight is 761 g/mol. The van der Waals surface area contributed by atoms with Crippen LogP contribution in [0.2, 0.25) is 0 Å². The van der Waals surface area contributed by atoms with Crippen molar-refractivity contribution in [2.45, 2.75) is 0 Å². The average Bonchev–Trinajstić information content (AvgIpc) is 3.33. The van der Waals surface area contributed by atoms with E-state index in [2.05, 4.69) is 243 Å². The number of fused-ring (bicyclic) bond motifs is 3. The quantitative estimate of drug-likeness (QED) is 0.142. The summed E-state index contributed by atoms with van der Waals surface area (Å²) in [5.41, 5.74) is 17.1. The van der Waals surface area contributed by atoms with Gasteiger partial charge in [0.1, 0.15) is 0 Å². The van der Waals surface area contributed by atoms with Gasteiger partial charge in [0, 0.05) is 0 Å². The van der Waals surface area contributed by atoms with E-state index in [1.165, 1.54) is 110 Å². The van der Waals surface area contributed by atoms with Crippen LogP contribution < -0.4 is 0 Å². The van der Waals surface area contributed by atoms with Crippen LogP contribution in [-0.4, -0.2) is 0 Å². The molecular formula is C60H40. The fourth-order valence-electron chi connectivity index (χ4n) is 9.19. The number of rotatable bonds is 7. The molecule has 0 aliphatic heterocycles. The van der Waals surface area contributed by atoms with Gasteiger partial charge in [0.15, 0.2) is 0 Å². The van der Waals surface area contributed by atoms with Gasteiger partial charge in [-0.2, -0.15) is 0 Å². The van der Waals surface area contributed by atoms with E-state index >= 15 is 0 Å². The lowest BCUT2D eigenvalue weighted by atomic mass is 9.82. The summed E-state index contributed by atoms with van der Waals surface area (Å²) in [7, 11) is 0. The van der Waals surface area contributed by atoms with Gasteiger partial charge in [0.25, 0.3) is 0 Å². The smallest absolute Gasteiger partial charge is 0.00199 e. The van der Waals surface area contributed by atoms with Gasteiger partial charge in [0.05, 0.1) is 0 Å². The molecule has 0 aliphatic carbocycles. The first-order chi connectivity index (χ1) is 29.8. The van der Waals surface area contributed by atoms with Gasteiger partial charge >= 0.3 is 0 Å². The summed E-state index contributed by atoms with van der Waals surface area (Å²) >= 11 is 0. The van der Waals surface area contributed by atoms with Crippen LogP contribution in [0.5, 0.6) is 0 Å². The fourth-order valence-corrected chi connectivity index (χ4v) is 9.19. The summed E-state index contributed by atoms with van der Waals surface area (Å²) in [5.74, 6) is 0. The lowest BCUT2D eigenvalue weighted by molar-refractivity contribution is 1.56. The van der Waals surface area contributed by atoms with Gasteiger partial charge in [-0.1, -0.05) is 231 Å². The van der Waals surface area contributed by atoms with Gasteiger partial charge in [-0.05, 0) is 122 Å². The highest BCUT2D eigenvalue weighted by Gasteiger charge is 2.20. The van der Waals surface area contributed by atoms with Gasteiger partial charge in [0.2, 0.25) is 0 Å². The first-order valence-electron chi connectivity index (χ1n) is 20.7. The Morgan fingerprint density at radius 3 is 1.18 bits per heavy atom. The SMILES string of the molecule is c1ccc(-c2ccc(-c3ccc(-c4cccc(-c5ccc(-c6cccc7ccccc67)cc5)c4)cc3-c3c4ccccc4c(-c4ccccc4)c4ccccc34)cc2)cc1. The van der Waals surface area contributed by atoms with Crippen LogP contribution in [0, 0.1) is 0 Å². The molecule has 0 aromatic heterocycles. The molecule has 0 saturated carbocycles. The molecule has 0 amide bonds. The summed E-state index contributed by atoms with van der Waals surface area (Å²) in [5, 5.41) is 7.53. The predicted octanol–water partition coefficient (Wildman–Crippen LogP) is 16.8. The maximum Gasteiger partial charge on any atom is -0.00199 e. The maximum absolute atomic E-state index is 2.43. The minimum absolute atomic E-state index is 1.18. The van der Waals surface area contributed by atoms with Crippen molar-refractivity contribution in [2.75, 3.05) is 0 Å². The van der Waals surface area contributed by atoms with Crippen molar-refractivity contribution in [3.63, 3.8) is 0 Å². The number of hydrogen-bond acceptors (Lipinski definition) is 0. The summed E-state index contributed by atoms with van der Waals surface area (Å²) < 4.78 is 0. The molecule has 0 atom stereocenters. The molecule has 0 heterocycles. The van der Waals surface area contributed by atoms with Crippen molar-refractivity contribution in [3.05, 3.63) is 243 Å². The lowest BCUT2D eigenvalue weighted by Gasteiger charge is -2.21. The Balaban J connectivity index is 1.08. The molecular weight excluding hydrogens is 721 g/mol. The zero-order valence-electron chi connectivity index (χ0n) is 33.1. The third kappa shape index (κ3) is 6.36. The van der Waals surface area contributed by atoms with Gasteiger partial charge in [-0.3, -0.25) is 0 Å². The molecule has 60 heavy (non-hydrogen) atoms. The Kier molecular flexibility index (Phi) is 8.95. The molecule has 11 rings (SSSR count). The van der Waals surface area contributed by atoms with E-state index in [0.717, 1.165) is 0 Å². The Morgan fingerprint density at radius 2 is 0.550 bits per heavy atom. The predicted molar refractivity (Wildman–Crippen MR) is 257 cm³/mol. The first kappa shape index (κ1) is 35.4. The van der Waals surface area contributed by atoms with Crippen LogP contribution in [0.25, 0.3) is 110 Å². The van der Waals surface area contributed by atoms with Crippen LogP contribution in [0.4, 0.5) is 0 Å². The normalized spacial score (nSPS) is 11.3. The standard InChI is InChI=1S/C60H40/c1-3-15-41(16-4-1)42-29-33-46(34-30-42)53-38-37-50(49-22-13-21-48(39-49)43-31-35-45(36-32-43)52-28-14-20-44-17-7-8-23-51(44)52)40-58(53)60-56-26-11-9-24-54(56)59(47-18-5-2-6-19-47)55-25-10-12-27-57(55)60/h1-40H. The zero-order chi connectivity index (χ0) is 39.8. The molecule has 0 radical (unpaired) electrons. The molecule has 0 N–H and O–H groups in total. The van der Waals surface area contributed by atoms with Crippen molar-refractivity contribution in [3.8, 4) is 77.9 Å². The van der Waals surface area contributed by atoms with E-state index in [0.29, 0.717) is 0 Å². The third-order valence-electron chi connectivity index (χ3n) is 12.1. The van der Waals surface area contributed by atoms with Crippen LogP contribution in [0.1, 0.15) is 0 Å². The summed E-state index contributed by atoms with van der Waals surface area (Å²) in [6, 6.07) is 88.8. The molecule has 11 aromatic rings. The van der Waals surface area contributed by atoms with Crippen LogP contribution in [0.3, 0.4) is 0 Å². The van der Waals surface area contributed by atoms with Crippen molar-refractivity contribution in [2.24, 2.45) is 0 Å². The Hall–Kier alpha value is -7.80. The number of benzene rings is 11.